The number of methoxy groups -OCH3 is 2. The molecule has 7 nitrogen and oxygen atoms in total. The minimum atomic E-state index is -0.214. The standard InChI is InChI=1S/C20H23N3O4S2/c1-5-12(2)23-19(25)18-15(8-9-28-18)22-20(23)29-11-17(24)21-14-7-6-13(26-3)10-16(14)27-4/h6-10,12H,5,11H2,1-4H3,(H,21,24)/t12-/m1/s1. The van der Waals surface area contributed by atoms with Crippen molar-refractivity contribution < 1.29 is 14.3 Å². The number of amides is 1. The highest BCUT2D eigenvalue weighted by Crippen LogP contribution is 2.30. The van der Waals surface area contributed by atoms with Crippen molar-refractivity contribution in [2.45, 2.75) is 31.5 Å². The third kappa shape index (κ3) is 4.56. The Morgan fingerprint density at radius 2 is 2.10 bits per heavy atom. The number of nitrogens with zero attached hydrogens (tertiary/aromatic N) is 2. The molecule has 0 aliphatic heterocycles. The molecule has 2 heterocycles. The van der Waals surface area contributed by atoms with Gasteiger partial charge in [-0.2, -0.15) is 0 Å². The van der Waals surface area contributed by atoms with Gasteiger partial charge in [0, 0.05) is 12.1 Å². The van der Waals surface area contributed by atoms with Crippen LogP contribution in [0.15, 0.2) is 39.6 Å². The highest BCUT2D eigenvalue weighted by Gasteiger charge is 2.18. The van der Waals surface area contributed by atoms with Crippen LogP contribution in [0.4, 0.5) is 5.69 Å². The second-order valence-corrected chi connectivity index (χ2v) is 8.22. The van der Waals surface area contributed by atoms with Crippen LogP contribution in [0.5, 0.6) is 11.5 Å². The third-order valence-corrected chi connectivity index (χ3v) is 6.37. The molecular formula is C20H23N3O4S2. The first kappa shape index (κ1) is 21.2. The topological polar surface area (TPSA) is 82.5 Å². The summed E-state index contributed by atoms with van der Waals surface area (Å²) in [6.07, 6.45) is 0.793. The summed E-state index contributed by atoms with van der Waals surface area (Å²) in [5, 5.41) is 5.25. The Kier molecular flexibility index (Phi) is 6.81. The lowest BCUT2D eigenvalue weighted by molar-refractivity contribution is -0.113. The Hall–Kier alpha value is -2.52. The maximum absolute atomic E-state index is 12.9. The molecule has 0 saturated carbocycles. The fraction of sp³-hybridized carbons (Fsp3) is 0.350. The highest BCUT2D eigenvalue weighted by atomic mass is 32.2. The van der Waals surface area contributed by atoms with E-state index in [1.54, 1.807) is 29.9 Å². The molecule has 1 aromatic carbocycles. The van der Waals surface area contributed by atoms with Crippen LogP contribution in [0.1, 0.15) is 26.3 Å². The SMILES string of the molecule is CC[C@@H](C)n1c(SCC(=O)Nc2ccc(OC)cc2OC)nc2ccsc2c1=O. The predicted molar refractivity (Wildman–Crippen MR) is 118 cm³/mol. The summed E-state index contributed by atoms with van der Waals surface area (Å²) in [5.74, 6) is 1.05. The van der Waals surface area contributed by atoms with Crippen molar-refractivity contribution >= 4 is 44.9 Å². The molecule has 1 atom stereocenters. The van der Waals surface area contributed by atoms with Crippen molar-refractivity contribution in [2.75, 3.05) is 25.3 Å². The van der Waals surface area contributed by atoms with E-state index in [0.717, 1.165) is 6.42 Å². The van der Waals surface area contributed by atoms with Gasteiger partial charge in [-0.15, -0.1) is 11.3 Å². The van der Waals surface area contributed by atoms with Gasteiger partial charge in [0.1, 0.15) is 16.2 Å². The molecule has 154 valence electrons. The van der Waals surface area contributed by atoms with Gasteiger partial charge in [-0.1, -0.05) is 18.7 Å². The smallest absolute Gasteiger partial charge is 0.272 e. The number of carbonyl (C=O) groups excluding carboxylic acids is 1. The summed E-state index contributed by atoms with van der Waals surface area (Å²) < 4.78 is 12.8. The van der Waals surface area contributed by atoms with Crippen molar-refractivity contribution in [3.05, 3.63) is 40.0 Å². The van der Waals surface area contributed by atoms with Gasteiger partial charge >= 0.3 is 0 Å². The summed E-state index contributed by atoms with van der Waals surface area (Å²) in [4.78, 5) is 30.0. The van der Waals surface area contributed by atoms with Crippen molar-refractivity contribution in [1.82, 2.24) is 9.55 Å². The summed E-state index contributed by atoms with van der Waals surface area (Å²) in [5.41, 5.74) is 1.16. The number of benzene rings is 1. The number of anilines is 1. The molecule has 0 saturated heterocycles. The molecule has 2 aromatic heterocycles. The normalized spacial score (nSPS) is 12.0. The van der Waals surface area contributed by atoms with Crippen LogP contribution in [0.3, 0.4) is 0 Å². The summed E-state index contributed by atoms with van der Waals surface area (Å²) >= 11 is 2.64. The molecule has 1 N–H and O–H groups in total. The Morgan fingerprint density at radius 3 is 2.79 bits per heavy atom. The van der Waals surface area contributed by atoms with Crippen LogP contribution in [-0.2, 0) is 4.79 Å². The molecule has 29 heavy (non-hydrogen) atoms. The second kappa shape index (κ2) is 9.32. The van der Waals surface area contributed by atoms with Crippen LogP contribution in [0.2, 0.25) is 0 Å². The zero-order valence-corrected chi connectivity index (χ0v) is 18.4. The first-order valence-corrected chi connectivity index (χ1v) is 11.0. The summed E-state index contributed by atoms with van der Waals surface area (Å²) in [7, 11) is 3.10. The number of fused-ring (bicyclic) bond motifs is 1. The van der Waals surface area contributed by atoms with Gasteiger partial charge in [-0.3, -0.25) is 14.2 Å². The molecule has 3 aromatic rings. The van der Waals surface area contributed by atoms with Gasteiger partial charge in [-0.05, 0) is 36.9 Å². The number of aromatic nitrogens is 2. The van der Waals surface area contributed by atoms with Crippen molar-refractivity contribution in [3.63, 3.8) is 0 Å². The zero-order valence-electron chi connectivity index (χ0n) is 16.7. The van der Waals surface area contributed by atoms with Crippen molar-refractivity contribution in [1.29, 1.82) is 0 Å². The molecule has 0 unspecified atom stereocenters. The van der Waals surface area contributed by atoms with Gasteiger partial charge in [0.2, 0.25) is 5.91 Å². The molecular weight excluding hydrogens is 410 g/mol. The molecule has 0 spiro atoms. The van der Waals surface area contributed by atoms with Gasteiger partial charge < -0.3 is 14.8 Å². The minimum absolute atomic E-state index is 0.00579. The first-order chi connectivity index (χ1) is 14.0. The quantitative estimate of drug-likeness (QED) is 0.424. The lowest BCUT2D eigenvalue weighted by Crippen LogP contribution is -2.26. The molecule has 0 bridgehead atoms. The van der Waals surface area contributed by atoms with Crippen LogP contribution in [-0.4, -0.2) is 35.4 Å². The molecule has 9 heteroatoms. The third-order valence-electron chi connectivity index (χ3n) is 4.53. The molecule has 0 radical (unpaired) electrons. The lowest BCUT2D eigenvalue weighted by atomic mass is 10.2. The Morgan fingerprint density at radius 1 is 1.31 bits per heavy atom. The largest absolute Gasteiger partial charge is 0.497 e. The summed E-state index contributed by atoms with van der Waals surface area (Å²) in [6.45, 7) is 4.00. The number of ether oxygens (including phenoxy) is 2. The average Bonchev–Trinajstić information content (AvgIpc) is 3.21. The maximum Gasteiger partial charge on any atom is 0.272 e. The molecule has 0 aliphatic rings. The number of rotatable bonds is 8. The van der Waals surface area contributed by atoms with Crippen molar-refractivity contribution in [3.8, 4) is 11.5 Å². The molecule has 1 amide bonds. The maximum atomic E-state index is 12.9. The zero-order chi connectivity index (χ0) is 21.0. The van der Waals surface area contributed by atoms with E-state index in [2.05, 4.69) is 10.3 Å². The van der Waals surface area contributed by atoms with E-state index in [9.17, 15) is 9.59 Å². The Labute approximate surface area is 177 Å². The van der Waals surface area contributed by atoms with E-state index in [4.69, 9.17) is 9.47 Å². The number of nitrogens with one attached hydrogen (secondary N) is 1. The number of hydrogen-bond acceptors (Lipinski definition) is 7. The molecule has 3 rings (SSSR count). The fourth-order valence-corrected chi connectivity index (χ4v) is 4.46. The van der Waals surface area contributed by atoms with E-state index in [0.29, 0.717) is 32.6 Å². The summed E-state index contributed by atoms with van der Waals surface area (Å²) in [6, 6.07) is 7.00. The number of carbonyl (C=O) groups is 1. The Bertz CT molecular complexity index is 1080. The van der Waals surface area contributed by atoms with E-state index in [1.807, 2.05) is 25.3 Å². The number of thioether (sulfide) groups is 1. The molecule has 0 aliphatic carbocycles. The van der Waals surface area contributed by atoms with Crippen LogP contribution >= 0.6 is 23.1 Å². The monoisotopic (exact) mass is 433 g/mol. The molecule has 0 fully saturated rings. The van der Waals surface area contributed by atoms with Gasteiger partial charge in [0.25, 0.3) is 5.56 Å². The lowest BCUT2D eigenvalue weighted by Gasteiger charge is -2.17. The van der Waals surface area contributed by atoms with Gasteiger partial charge in [-0.25, -0.2) is 4.98 Å². The average molecular weight is 434 g/mol. The van der Waals surface area contributed by atoms with Crippen LogP contribution in [0.25, 0.3) is 10.2 Å². The van der Waals surface area contributed by atoms with E-state index in [1.165, 1.54) is 30.2 Å². The van der Waals surface area contributed by atoms with Crippen LogP contribution < -0.4 is 20.3 Å². The van der Waals surface area contributed by atoms with E-state index in [-0.39, 0.29) is 23.3 Å². The van der Waals surface area contributed by atoms with E-state index >= 15 is 0 Å². The highest BCUT2D eigenvalue weighted by molar-refractivity contribution is 7.99. The fourth-order valence-electron chi connectivity index (χ4n) is 2.80. The van der Waals surface area contributed by atoms with Crippen LogP contribution in [0, 0.1) is 0 Å². The van der Waals surface area contributed by atoms with Crippen molar-refractivity contribution in [2.24, 2.45) is 0 Å². The van der Waals surface area contributed by atoms with E-state index < -0.39 is 0 Å². The number of thiophene rings is 1. The Balaban J connectivity index is 1.80. The van der Waals surface area contributed by atoms with Gasteiger partial charge in [0.15, 0.2) is 5.16 Å². The first-order valence-electron chi connectivity index (χ1n) is 9.12. The van der Waals surface area contributed by atoms with Gasteiger partial charge in [0.05, 0.1) is 31.2 Å². The second-order valence-electron chi connectivity index (χ2n) is 6.36. The predicted octanol–water partition coefficient (Wildman–Crippen LogP) is 4.18. The number of hydrogen-bond donors (Lipinski definition) is 1. The minimum Gasteiger partial charge on any atom is -0.497 e.